The Balaban J connectivity index is 1.61. The molecule has 0 saturated heterocycles. The van der Waals surface area contributed by atoms with Gasteiger partial charge in [-0.2, -0.15) is 0 Å². The van der Waals surface area contributed by atoms with Crippen LogP contribution in [0, 0.1) is 0 Å². The number of ether oxygens (including phenoxy) is 1. The number of fused-ring (bicyclic) bond motifs is 2. The lowest BCUT2D eigenvalue weighted by Gasteiger charge is -2.01. The van der Waals surface area contributed by atoms with E-state index in [-0.39, 0.29) is 0 Å². The van der Waals surface area contributed by atoms with Gasteiger partial charge in [0.25, 0.3) is 0 Å². The lowest BCUT2D eigenvalue weighted by molar-refractivity contribution is 0.415. The zero-order valence-corrected chi connectivity index (χ0v) is 16.0. The predicted octanol–water partition coefficient (Wildman–Crippen LogP) is 6.13. The first-order chi connectivity index (χ1) is 13.2. The number of thiazole rings is 1. The average Bonchev–Trinajstić information content (AvgIpc) is 3.32. The molecule has 5 aromatic rings. The first-order valence-electron chi connectivity index (χ1n) is 8.81. The molecular weight excluding hydrogens is 352 g/mol. The minimum Gasteiger partial charge on any atom is -0.497 e. The molecule has 3 aromatic carbocycles. The van der Waals surface area contributed by atoms with Gasteiger partial charge in [-0.25, -0.2) is 4.98 Å². The molecule has 2 aromatic heterocycles. The lowest BCUT2D eigenvalue weighted by Crippen LogP contribution is -1.85. The van der Waals surface area contributed by atoms with E-state index in [4.69, 9.17) is 9.72 Å². The fraction of sp³-hybridized carbons (Fsp3) is 0.0870. The molecule has 4 heteroatoms. The van der Waals surface area contributed by atoms with E-state index in [1.54, 1.807) is 18.4 Å². The number of rotatable bonds is 3. The lowest BCUT2D eigenvalue weighted by atomic mass is 10.1. The normalized spacial score (nSPS) is 11.3. The first kappa shape index (κ1) is 16.1. The Morgan fingerprint density at radius 3 is 2.67 bits per heavy atom. The SMILES string of the molecule is COc1ccc2c(c1)c(-c1csc(-c3ccc4ccccc4c3)n1)cn2C. The van der Waals surface area contributed by atoms with Crippen molar-refractivity contribution >= 4 is 33.0 Å². The molecule has 27 heavy (non-hydrogen) atoms. The molecule has 0 fully saturated rings. The van der Waals surface area contributed by atoms with Crippen LogP contribution in [0.25, 0.3) is 43.5 Å². The number of hydrogen-bond acceptors (Lipinski definition) is 3. The van der Waals surface area contributed by atoms with Gasteiger partial charge in [0.2, 0.25) is 0 Å². The van der Waals surface area contributed by atoms with Crippen LogP contribution in [0.3, 0.4) is 0 Å². The van der Waals surface area contributed by atoms with Crippen molar-refractivity contribution in [2.24, 2.45) is 7.05 Å². The molecule has 0 aliphatic carbocycles. The molecule has 5 rings (SSSR count). The van der Waals surface area contributed by atoms with E-state index in [1.165, 1.54) is 16.3 Å². The Labute approximate surface area is 161 Å². The second-order valence-electron chi connectivity index (χ2n) is 6.64. The van der Waals surface area contributed by atoms with E-state index in [1.807, 2.05) is 6.07 Å². The standard InChI is InChI=1S/C23H18N2OS/c1-25-13-20(19-12-18(26-2)9-10-22(19)25)21-14-27-23(24-21)17-8-7-15-5-3-4-6-16(15)11-17/h3-14H,1-2H3. The van der Waals surface area contributed by atoms with Crippen molar-refractivity contribution in [1.29, 1.82) is 0 Å². The third-order valence-corrected chi connectivity index (χ3v) is 5.86. The summed E-state index contributed by atoms with van der Waals surface area (Å²) in [6, 6.07) is 21.1. The number of benzene rings is 3. The largest absolute Gasteiger partial charge is 0.497 e. The van der Waals surface area contributed by atoms with E-state index >= 15 is 0 Å². The molecular formula is C23H18N2OS. The van der Waals surface area contributed by atoms with Gasteiger partial charge in [-0.15, -0.1) is 11.3 Å². The third-order valence-electron chi connectivity index (χ3n) is 4.97. The molecule has 132 valence electrons. The van der Waals surface area contributed by atoms with Gasteiger partial charge in [0.15, 0.2) is 0 Å². The maximum Gasteiger partial charge on any atom is 0.124 e. The van der Waals surface area contributed by atoms with Crippen molar-refractivity contribution in [3.63, 3.8) is 0 Å². The number of hydrogen-bond donors (Lipinski definition) is 0. The predicted molar refractivity (Wildman–Crippen MR) is 114 cm³/mol. The van der Waals surface area contributed by atoms with E-state index in [9.17, 15) is 0 Å². The van der Waals surface area contributed by atoms with Gasteiger partial charge in [-0.3, -0.25) is 0 Å². The Bertz CT molecular complexity index is 1280. The van der Waals surface area contributed by atoms with Gasteiger partial charge in [0, 0.05) is 40.7 Å². The number of nitrogens with zero attached hydrogens (tertiary/aromatic N) is 2. The van der Waals surface area contributed by atoms with Gasteiger partial charge in [-0.1, -0.05) is 36.4 Å². The molecule has 0 aliphatic rings. The zero-order valence-electron chi connectivity index (χ0n) is 15.1. The van der Waals surface area contributed by atoms with E-state index in [2.05, 4.69) is 77.8 Å². The molecule has 2 heterocycles. The summed E-state index contributed by atoms with van der Waals surface area (Å²) >= 11 is 1.68. The molecule has 0 bridgehead atoms. The Morgan fingerprint density at radius 1 is 0.963 bits per heavy atom. The summed E-state index contributed by atoms with van der Waals surface area (Å²) in [5.41, 5.74) is 4.46. The minimum absolute atomic E-state index is 0.861. The molecule has 0 N–H and O–H groups in total. The highest BCUT2D eigenvalue weighted by Crippen LogP contribution is 2.36. The topological polar surface area (TPSA) is 27.1 Å². The van der Waals surface area contributed by atoms with Gasteiger partial charge < -0.3 is 9.30 Å². The summed E-state index contributed by atoms with van der Waals surface area (Å²) in [5, 5.41) is 6.82. The van der Waals surface area contributed by atoms with Crippen LogP contribution in [0.5, 0.6) is 5.75 Å². The molecule has 0 amide bonds. The van der Waals surface area contributed by atoms with Crippen molar-refractivity contribution in [2.45, 2.75) is 0 Å². The second-order valence-corrected chi connectivity index (χ2v) is 7.49. The average molecular weight is 370 g/mol. The van der Waals surface area contributed by atoms with Crippen LogP contribution in [0.2, 0.25) is 0 Å². The maximum atomic E-state index is 5.41. The Hall–Kier alpha value is -3.11. The van der Waals surface area contributed by atoms with Crippen LogP contribution in [0.4, 0.5) is 0 Å². The molecule has 0 radical (unpaired) electrons. The molecule has 0 atom stereocenters. The molecule has 0 unspecified atom stereocenters. The van der Waals surface area contributed by atoms with Gasteiger partial charge in [-0.05, 0) is 35.0 Å². The minimum atomic E-state index is 0.861. The summed E-state index contributed by atoms with van der Waals surface area (Å²) in [7, 11) is 3.76. The first-order valence-corrected chi connectivity index (χ1v) is 9.69. The molecule has 3 nitrogen and oxygen atoms in total. The van der Waals surface area contributed by atoms with Crippen molar-refractivity contribution < 1.29 is 4.74 Å². The third kappa shape index (κ3) is 2.69. The van der Waals surface area contributed by atoms with Gasteiger partial charge in [0.1, 0.15) is 10.8 Å². The quantitative estimate of drug-likeness (QED) is 0.382. The monoisotopic (exact) mass is 370 g/mol. The summed E-state index contributed by atoms with van der Waals surface area (Å²) in [5.74, 6) is 0.861. The fourth-order valence-electron chi connectivity index (χ4n) is 3.55. The van der Waals surface area contributed by atoms with E-state index < -0.39 is 0 Å². The van der Waals surface area contributed by atoms with Crippen LogP contribution in [-0.4, -0.2) is 16.7 Å². The number of methoxy groups -OCH3 is 1. The zero-order chi connectivity index (χ0) is 18.4. The van der Waals surface area contributed by atoms with Crippen LogP contribution in [0.15, 0.2) is 72.2 Å². The van der Waals surface area contributed by atoms with Crippen LogP contribution in [0.1, 0.15) is 0 Å². The summed E-state index contributed by atoms with van der Waals surface area (Å²) in [6.45, 7) is 0. The van der Waals surface area contributed by atoms with Crippen molar-refractivity contribution in [1.82, 2.24) is 9.55 Å². The Kier molecular flexibility index (Phi) is 3.73. The highest BCUT2D eigenvalue weighted by molar-refractivity contribution is 7.13. The van der Waals surface area contributed by atoms with Crippen LogP contribution >= 0.6 is 11.3 Å². The van der Waals surface area contributed by atoms with Gasteiger partial charge in [0.05, 0.1) is 12.8 Å². The van der Waals surface area contributed by atoms with Crippen LogP contribution in [-0.2, 0) is 7.05 Å². The Morgan fingerprint density at radius 2 is 1.81 bits per heavy atom. The highest BCUT2D eigenvalue weighted by atomic mass is 32.1. The molecule has 0 aliphatic heterocycles. The smallest absolute Gasteiger partial charge is 0.124 e. The molecule has 0 saturated carbocycles. The van der Waals surface area contributed by atoms with Crippen molar-refractivity contribution in [2.75, 3.05) is 7.11 Å². The van der Waals surface area contributed by atoms with Crippen molar-refractivity contribution in [3.05, 3.63) is 72.2 Å². The number of aromatic nitrogens is 2. The fourth-order valence-corrected chi connectivity index (χ4v) is 4.37. The number of aryl methyl sites for hydroxylation is 1. The highest BCUT2D eigenvalue weighted by Gasteiger charge is 2.14. The van der Waals surface area contributed by atoms with E-state index in [0.717, 1.165) is 33.0 Å². The second kappa shape index (κ2) is 6.25. The van der Waals surface area contributed by atoms with E-state index in [0.29, 0.717) is 0 Å². The summed E-state index contributed by atoms with van der Waals surface area (Å²) < 4.78 is 7.55. The van der Waals surface area contributed by atoms with Crippen molar-refractivity contribution in [3.8, 4) is 27.6 Å². The molecule has 0 spiro atoms. The summed E-state index contributed by atoms with van der Waals surface area (Å²) in [6.07, 6.45) is 2.14. The van der Waals surface area contributed by atoms with Crippen LogP contribution < -0.4 is 4.74 Å². The van der Waals surface area contributed by atoms with Gasteiger partial charge >= 0.3 is 0 Å². The summed E-state index contributed by atoms with van der Waals surface area (Å²) in [4.78, 5) is 4.94. The maximum absolute atomic E-state index is 5.41.